The van der Waals surface area contributed by atoms with E-state index >= 15 is 0 Å². The van der Waals surface area contributed by atoms with Crippen molar-refractivity contribution in [3.63, 3.8) is 0 Å². The van der Waals surface area contributed by atoms with Crippen LogP contribution in [0.4, 0.5) is 11.4 Å². The summed E-state index contributed by atoms with van der Waals surface area (Å²) in [6.07, 6.45) is 26.9. The van der Waals surface area contributed by atoms with E-state index in [1.807, 2.05) is 24.3 Å². The first-order chi connectivity index (χ1) is 34.3. The van der Waals surface area contributed by atoms with E-state index in [1.54, 1.807) is 0 Å². The highest BCUT2D eigenvalue weighted by Crippen LogP contribution is 2.57. The number of rotatable bonds is 12. The summed E-state index contributed by atoms with van der Waals surface area (Å²) >= 11 is 35.2. The first kappa shape index (κ1) is 53.1. The standard InChI is InChI=1S/C64H66Br2Cl4N2/c1-41-33-49(67)37-53(69)59(41)61(5,43(3)17-15-19-57-63(29-11-9-12-30-63)51-35-47(65)25-27-55(51)71(57)7)39-45-21-23-46(24-22-45)40-62(6,60-42(2)34-50(68)38-54(60)70)44(4)18-16-20-58-64(31-13-10-14-32-64)52-36-48(66)26-28-56(52)72(58)8/h15-28,33-38H,3-4,9-14,29-32,39-40H2,1-2,5-8H3/b17-15+,18-16+,57-19+,58-20+. The van der Waals surface area contributed by atoms with Gasteiger partial charge in [0, 0.05) is 87.6 Å². The van der Waals surface area contributed by atoms with E-state index in [9.17, 15) is 0 Å². The fraction of sp³-hybridized carbons (Fsp3) is 0.344. The maximum Gasteiger partial charge on any atom is 0.0464 e. The number of hydrogen-bond acceptors (Lipinski definition) is 2. The minimum absolute atomic E-state index is 0.00244. The molecule has 2 fully saturated rings. The molecule has 5 aromatic rings. The first-order valence-electron chi connectivity index (χ1n) is 25.6. The van der Waals surface area contributed by atoms with Crippen LogP contribution in [0.5, 0.6) is 0 Å². The number of hydrogen-bond donors (Lipinski definition) is 0. The average molecular weight is 1160 g/mol. The molecule has 2 atom stereocenters. The minimum atomic E-state index is -0.558. The van der Waals surface area contributed by atoms with Crippen LogP contribution < -0.4 is 9.80 Å². The van der Waals surface area contributed by atoms with Crippen LogP contribution in [0.2, 0.25) is 20.1 Å². The van der Waals surface area contributed by atoms with Crippen molar-refractivity contribution in [2.75, 3.05) is 23.9 Å². The Morgan fingerprint density at radius 1 is 0.556 bits per heavy atom. The molecule has 72 heavy (non-hydrogen) atoms. The summed E-state index contributed by atoms with van der Waals surface area (Å²) in [6.45, 7) is 18.3. The molecule has 2 aliphatic heterocycles. The number of allylic oxidation sites excluding steroid dienone is 10. The van der Waals surface area contributed by atoms with Crippen LogP contribution in [-0.2, 0) is 34.5 Å². The fourth-order valence-electron chi connectivity index (χ4n) is 13.4. The number of likely N-dealkylation sites (N-methyl/N-ethyl adjacent to an activating group) is 2. The minimum Gasteiger partial charge on any atom is -0.347 e. The van der Waals surface area contributed by atoms with Gasteiger partial charge in [0.1, 0.15) is 0 Å². The van der Waals surface area contributed by atoms with Crippen molar-refractivity contribution in [2.45, 2.75) is 126 Å². The van der Waals surface area contributed by atoms with Crippen molar-refractivity contribution in [3.05, 3.63) is 231 Å². The van der Waals surface area contributed by atoms with Gasteiger partial charge in [-0.1, -0.05) is 192 Å². The van der Waals surface area contributed by atoms with E-state index in [0.717, 1.165) is 68.0 Å². The third-order valence-electron chi connectivity index (χ3n) is 17.1. The largest absolute Gasteiger partial charge is 0.347 e. The molecular formula is C64H66Br2Cl4N2. The van der Waals surface area contributed by atoms with E-state index < -0.39 is 10.8 Å². The van der Waals surface area contributed by atoms with Crippen LogP contribution in [0.25, 0.3) is 0 Å². The molecule has 0 bridgehead atoms. The molecule has 5 aromatic carbocycles. The van der Waals surface area contributed by atoms with Gasteiger partial charge in [-0.05, 0) is 181 Å². The van der Waals surface area contributed by atoms with Gasteiger partial charge < -0.3 is 9.80 Å². The highest BCUT2D eigenvalue weighted by Gasteiger charge is 2.48. The Morgan fingerprint density at radius 2 is 0.917 bits per heavy atom. The fourth-order valence-corrected chi connectivity index (χ4v) is 15.8. The predicted molar refractivity (Wildman–Crippen MR) is 318 cm³/mol. The van der Waals surface area contributed by atoms with Crippen molar-refractivity contribution in [1.82, 2.24) is 0 Å². The van der Waals surface area contributed by atoms with Crippen molar-refractivity contribution in [1.29, 1.82) is 0 Å². The molecule has 0 saturated heterocycles. The molecule has 0 amide bonds. The Hall–Kier alpha value is -3.74. The van der Waals surface area contributed by atoms with E-state index in [-0.39, 0.29) is 10.8 Å². The smallest absolute Gasteiger partial charge is 0.0464 e. The van der Waals surface area contributed by atoms with Crippen molar-refractivity contribution < 1.29 is 0 Å². The molecular weight excluding hydrogens is 1100 g/mol. The van der Waals surface area contributed by atoms with Crippen LogP contribution in [0.15, 0.2) is 166 Å². The van der Waals surface area contributed by atoms with Gasteiger partial charge in [0.15, 0.2) is 0 Å². The summed E-state index contributed by atoms with van der Waals surface area (Å²) < 4.78 is 2.26. The number of aryl methyl sites for hydroxylation is 2. The van der Waals surface area contributed by atoms with Crippen molar-refractivity contribution >= 4 is 89.6 Å². The first-order valence-corrected chi connectivity index (χ1v) is 28.7. The molecule has 4 aliphatic rings. The van der Waals surface area contributed by atoms with Crippen LogP contribution in [0.1, 0.15) is 123 Å². The summed E-state index contributed by atoms with van der Waals surface area (Å²) in [5.41, 5.74) is 15.5. The van der Waals surface area contributed by atoms with Gasteiger partial charge in [-0.2, -0.15) is 0 Å². The summed E-state index contributed by atoms with van der Waals surface area (Å²) in [4.78, 5) is 4.80. The molecule has 2 spiro atoms. The zero-order valence-electron chi connectivity index (χ0n) is 42.6. The molecule has 2 heterocycles. The van der Waals surface area contributed by atoms with Crippen LogP contribution >= 0.6 is 78.3 Å². The van der Waals surface area contributed by atoms with Crippen LogP contribution in [0, 0.1) is 13.8 Å². The highest BCUT2D eigenvalue weighted by atomic mass is 79.9. The van der Waals surface area contributed by atoms with Crippen molar-refractivity contribution in [2.24, 2.45) is 0 Å². The van der Waals surface area contributed by atoms with Gasteiger partial charge in [0.2, 0.25) is 0 Å². The number of halogens is 6. The molecule has 9 rings (SSSR count). The molecule has 8 heteroatoms. The van der Waals surface area contributed by atoms with Crippen LogP contribution in [0.3, 0.4) is 0 Å². The van der Waals surface area contributed by atoms with Gasteiger partial charge in [-0.25, -0.2) is 0 Å². The van der Waals surface area contributed by atoms with Gasteiger partial charge in [0.25, 0.3) is 0 Å². The third kappa shape index (κ3) is 9.73. The van der Waals surface area contributed by atoms with E-state index in [0.29, 0.717) is 32.9 Å². The number of fused-ring (bicyclic) bond motifs is 4. The quantitative estimate of drug-likeness (QED) is 0.115. The summed E-state index contributed by atoms with van der Waals surface area (Å²) in [7, 11) is 4.43. The number of benzene rings is 5. The molecule has 0 radical (unpaired) electrons. The summed E-state index contributed by atoms with van der Waals surface area (Å²) in [5, 5.41) is 2.53. The monoisotopic (exact) mass is 1160 g/mol. The van der Waals surface area contributed by atoms with E-state index in [2.05, 4.69) is 181 Å². The zero-order valence-corrected chi connectivity index (χ0v) is 48.8. The Labute approximate surface area is 466 Å². The van der Waals surface area contributed by atoms with Gasteiger partial charge >= 0.3 is 0 Å². The van der Waals surface area contributed by atoms with E-state index in [1.165, 1.54) is 83.5 Å². The SMILES string of the molecule is C=C(/C=C/C=C1/N(C)c2ccc(Br)cc2C12CCCCC2)C(C)(Cc1ccc(CC(C)(C(=C)/C=C/C=C2/N(C)c3ccc(Br)cc3C23CCCCC3)c2c(C)cc(Cl)cc2Cl)cc1)c1c(C)cc(Cl)cc1Cl. The average Bonchev–Trinajstić information content (AvgIpc) is 3.67. The van der Waals surface area contributed by atoms with Crippen LogP contribution in [-0.4, -0.2) is 14.1 Å². The van der Waals surface area contributed by atoms with Gasteiger partial charge in [-0.15, -0.1) is 0 Å². The van der Waals surface area contributed by atoms with Gasteiger partial charge in [-0.3, -0.25) is 0 Å². The van der Waals surface area contributed by atoms with Crippen molar-refractivity contribution in [3.8, 4) is 0 Å². The zero-order chi connectivity index (χ0) is 51.3. The summed E-state index contributed by atoms with van der Waals surface area (Å²) in [5.74, 6) is 0. The third-order valence-corrected chi connectivity index (χ3v) is 19.1. The molecule has 2 aliphatic carbocycles. The second kappa shape index (κ2) is 21.1. The molecule has 2 saturated carbocycles. The second-order valence-electron chi connectivity index (χ2n) is 21.6. The summed E-state index contributed by atoms with van der Waals surface area (Å²) in [6, 6.07) is 30.3. The van der Waals surface area contributed by atoms with Gasteiger partial charge in [0.05, 0.1) is 0 Å². The maximum absolute atomic E-state index is 7.20. The predicted octanol–water partition coefficient (Wildman–Crippen LogP) is 20.1. The molecule has 0 N–H and O–H groups in total. The lowest BCUT2D eigenvalue weighted by Gasteiger charge is -2.36. The normalized spacial score (nSPS) is 19.9. The second-order valence-corrected chi connectivity index (χ2v) is 25.1. The number of nitrogens with zero attached hydrogens (tertiary/aromatic N) is 2. The Kier molecular flexibility index (Phi) is 15.6. The molecule has 374 valence electrons. The lowest BCUT2D eigenvalue weighted by atomic mass is 9.68. The molecule has 2 unspecified atom stereocenters. The number of anilines is 2. The topological polar surface area (TPSA) is 6.48 Å². The Balaban J connectivity index is 1.02. The van der Waals surface area contributed by atoms with E-state index in [4.69, 9.17) is 59.6 Å². The maximum atomic E-state index is 7.20. The Morgan fingerprint density at radius 3 is 1.26 bits per heavy atom. The molecule has 0 aromatic heterocycles. The molecule has 2 nitrogen and oxygen atoms in total. The lowest BCUT2D eigenvalue weighted by Crippen LogP contribution is -2.32. The lowest BCUT2D eigenvalue weighted by molar-refractivity contribution is 0.346. The highest BCUT2D eigenvalue weighted by molar-refractivity contribution is 9.10. The Bertz CT molecular complexity index is 2820.